The van der Waals surface area contributed by atoms with E-state index >= 15 is 0 Å². The van der Waals surface area contributed by atoms with Crippen LogP contribution < -0.4 is 10.1 Å². The first-order valence-corrected chi connectivity index (χ1v) is 6.58. The lowest BCUT2D eigenvalue weighted by atomic mass is 10.1. The molecule has 0 bridgehead atoms. The summed E-state index contributed by atoms with van der Waals surface area (Å²) in [6, 6.07) is 7.60. The third kappa shape index (κ3) is 3.18. The van der Waals surface area contributed by atoms with Crippen molar-refractivity contribution in [1.82, 2.24) is 10.5 Å². The van der Waals surface area contributed by atoms with E-state index in [1.807, 2.05) is 0 Å². The zero-order valence-electron chi connectivity index (χ0n) is 11.0. The van der Waals surface area contributed by atoms with Crippen LogP contribution in [0, 0.1) is 0 Å². The van der Waals surface area contributed by atoms with Crippen LogP contribution in [-0.4, -0.2) is 18.1 Å². The van der Waals surface area contributed by atoms with Gasteiger partial charge in [0, 0.05) is 11.6 Å². The number of hydrogen-bond donors (Lipinski definition) is 1. The Morgan fingerprint density at radius 2 is 2.10 bits per heavy atom. The Morgan fingerprint density at radius 3 is 2.81 bits per heavy atom. The van der Waals surface area contributed by atoms with Gasteiger partial charge in [0.25, 0.3) is 0 Å². The molecule has 1 atom stereocenters. The summed E-state index contributed by atoms with van der Waals surface area (Å²) in [6.45, 7) is 0.897. The normalized spacial score (nSPS) is 18.9. The Labute approximate surface area is 118 Å². The minimum atomic E-state index is -4.74. The van der Waals surface area contributed by atoms with Gasteiger partial charge in [-0.15, -0.1) is 13.2 Å². The predicted octanol–water partition coefficient (Wildman–Crippen LogP) is 3.66. The molecule has 2 heterocycles. The minimum Gasteiger partial charge on any atom is -0.405 e. The third-order valence-electron chi connectivity index (χ3n) is 3.32. The number of para-hydroxylation sites is 1. The Hall–Kier alpha value is -2.02. The van der Waals surface area contributed by atoms with Gasteiger partial charge >= 0.3 is 6.36 Å². The highest BCUT2D eigenvalue weighted by Gasteiger charge is 2.32. The average molecular weight is 298 g/mol. The molecule has 1 aliphatic rings. The van der Waals surface area contributed by atoms with Gasteiger partial charge in [0.05, 0.1) is 6.04 Å². The van der Waals surface area contributed by atoms with Crippen molar-refractivity contribution >= 4 is 0 Å². The summed E-state index contributed by atoms with van der Waals surface area (Å²) < 4.78 is 46.5. The van der Waals surface area contributed by atoms with Gasteiger partial charge in [-0.1, -0.05) is 17.3 Å². The molecule has 0 amide bonds. The van der Waals surface area contributed by atoms with Crippen molar-refractivity contribution < 1.29 is 22.4 Å². The monoisotopic (exact) mass is 298 g/mol. The van der Waals surface area contributed by atoms with Crippen LogP contribution in [-0.2, 0) is 0 Å². The zero-order chi connectivity index (χ0) is 14.9. The summed E-state index contributed by atoms with van der Waals surface area (Å²) in [7, 11) is 0. The fourth-order valence-electron chi connectivity index (χ4n) is 2.40. The smallest absolute Gasteiger partial charge is 0.405 e. The second-order valence-electron chi connectivity index (χ2n) is 4.81. The van der Waals surface area contributed by atoms with Crippen LogP contribution in [0.15, 0.2) is 34.9 Å². The first-order chi connectivity index (χ1) is 10.0. The van der Waals surface area contributed by atoms with Gasteiger partial charge in [-0.2, -0.15) is 0 Å². The number of hydrogen-bond acceptors (Lipinski definition) is 4. The molecule has 21 heavy (non-hydrogen) atoms. The summed E-state index contributed by atoms with van der Waals surface area (Å²) in [6.07, 6.45) is -2.78. The van der Waals surface area contributed by atoms with Crippen LogP contribution >= 0.6 is 0 Å². The van der Waals surface area contributed by atoms with E-state index in [-0.39, 0.29) is 17.4 Å². The number of ether oxygens (including phenoxy) is 1. The minimum absolute atomic E-state index is 0.0712. The van der Waals surface area contributed by atoms with Gasteiger partial charge in [-0.05, 0) is 31.5 Å². The molecular formula is C14H13F3N2O2. The van der Waals surface area contributed by atoms with Gasteiger partial charge in [0.2, 0.25) is 0 Å². The number of nitrogens with one attached hydrogen (secondary N) is 1. The maximum absolute atomic E-state index is 12.4. The topological polar surface area (TPSA) is 47.3 Å². The molecule has 1 aromatic heterocycles. The highest BCUT2D eigenvalue weighted by Crippen LogP contribution is 2.34. The lowest BCUT2D eigenvalue weighted by molar-refractivity contribution is -0.274. The summed E-state index contributed by atoms with van der Waals surface area (Å²) in [5.74, 6) is 0.341. The molecule has 3 rings (SSSR count). The highest BCUT2D eigenvalue weighted by molar-refractivity contribution is 5.67. The quantitative estimate of drug-likeness (QED) is 0.939. The Balaban J connectivity index is 1.90. The lowest BCUT2D eigenvalue weighted by Crippen LogP contribution is -2.17. The van der Waals surface area contributed by atoms with Crippen molar-refractivity contribution in [2.45, 2.75) is 25.2 Å². The first kappa shape index (κ1) is 13.9. The molecule has 4 nitrogen and oxygen atoms in total. The number of aromatic nitrogens is 1. The average Bonchev–Trinajstić information content (AvgIpc) is 3.08. The molecule has 0 radical (unpaired) electrons. The van der Waals surface area contributed by atoms with E-state index in [2.05, 4.69) is 15.2 Å². The molecule has 1 aromatic carbocycles. The number of nitrogens with zero attached hydrogens (tertiary/aromatic N) is 1. The largest absolute Gasteiger partial charge is 0.573 e. The molecule has 7 heteroatoms. The Bertz CT molecular complexity index is 619. The summed E-state index contributed by atoms with van der Waals surface area (Å²) >= 11 is 0. The maximum atomic E-state index is 12.4. The van der Waals surface area contributed by atoms with Gasteiger partial charge in [-0.25, -0.2) is 0 Å². The van der Waals surface area contributed by atoms with Gasteiger partial charge in [0.15, 0.2) is 5.76 Å². The Kier molecular flexibility index (Phi) is 3.59. The lowest BCUT2D eigenvalue weighted by Gasteiger charge is -2.11. The molecule has 1 aliphatic heterocycles. The summed E-state index contributed by atoms with van der Waals surface area (Å²) in [5.41, 5.74) is 0.585. The van der Waals surface area contributed by atoms with Gasteiger partial charge < -0.3 is 14.6 Å². The third-order valence-corrected chi connectivity index (χ3v) is 3.32. The summed E-state index contributed by atoms with van der Waals surface area (Å²) in [4.78, 5) is 0. The molecular weight excluding hydrogens is 285 g/mol. The van der Waals surface area contributed by atoms with Gasteiger partial charge in [-0.3, -0.25) is 0 Å². The second kappa shape index (κ2) is 5.40. The van der Waals surface area contributed by atoms with Crippen LogP contribution in [0.1, 0.15) is 24.6 Å². The number of rotatable bonds is 3. The van der Waals surface area contributed by atoms with Crippen molar-refractivity contribution in [3.05, 3.63) is 36.1 Å². The van der Waals surface area contributed by atoms with Crippen LogP contribution in [0.4, 0.5) is 13.2 Å². The van der Waals surface area contributed by atoms with Crippen LogP contribution in [0.3, 0.4) is 0 Å². The second-order valence-corrected chi connectivity index (χ2v) is 4.81. The predicted molar refractivity (Wildman–Crippen MR) is 68.6 cm³/mol. The SMILES string of the molecule is FC(F)(F)Oc1ccccc1-c1cc([C@@H]2CCCN2)on1. The number of benzene rings is 1. The zero-order valence-corrected chi connectivity index (χ0v) is 11.0. The first-order valence-electron chi connectivity index (χ1n) is 6.58. The molecule has 112 valence electrons. The Morgan fingerprint density at radius 1 is 1.29 bits per heavy atom. The molecule has 1 fully saturated rings. The van der Waals surface area contributed by atoms with E-state index in [0.717, 1.165) is 19.4 Å². The molecule has 0 spiro atoms. The van der Waals surface area contributed by atoms with E-state index in [1.54, 1.807) is 12.1 Å². The standard InChI is InChI=1S/C14H13F3N2O2/c15-14(16,17)20-12-6-2-1-4-9(12)11-8-13(21-19-11)10-5-3-7-18-10/h1-2,4,6,8,10,18H,3,5,7H2/t10-/m0/s1. The fraction of sp³-hybridized carbons (Fsp3) is 0.357. The molecule has 0 unspecified atom stereocenters. The molecule has 1 N–H and O–H groups in total. The molecule has 0 saturated carbocycles. The van der Waals surface area contributed by atoms with E-state index in [1.165, 1.54) is 18.2 Å². The van der Waals surface area contributed by atoms with Crippen LogP contribution in [0.25, 0.3) is 11.3 Å². The van der Waals surface area contributed by atoms with Gasteiger partial charge in [0.1, 0.15) is 11.4 Å². The fourth-order valence-corrected chi connectivity index (χ4v) is 2.40. The highest BCUT2D eigenvalue weighted by atomic mass is 19.4. The van der Waals surface area contributed by atoms with Crippen molar-refractivity contribution in [2.24, 2.45) is 0 Å². The van der Waals surface area contributed by atoms with Crippen molar-refractivity contribution in [3.8, 4) is 17.0 Å². The van der Waals surface area contributed by atoms with Crippen LogP contribution in [0.2, 0.25) is 0 Å². The van der Waals surface area contributed by atoms with E-state index in [4.69, 9.17) is 4.52 Å². The van der Waals surface area contributed by atoms with E-state index in [9.17, 15) is 13.2 Å². The van der Waals surface area contributed by atoms with Crippen LogP contribution in [0.5, 0.6) is 5.75 Å². The van der Waals surface area contributed by atoms with E-state index in [0.29, 0.717) is 11.5 Å². The summed E-state index contributed by atoms with van der Waals surface area (Å²) in [5, 5.41) is 7.10. The molecule has 0 aliphatic carbocycles. The number of halogens is 3. The molecule has 2 aromatic rings. The molecule has 1 saturated heterocycles. The van der Waals surface area contributed by atoms with Crippen molar-refractivity contribution in [2.75, 3.05) is 6.54 Å². The van der Waals surface area contributed by atoms with Crippen molar-refractivity contribution in [3.63, 3.8) is 0 Å². The maximum Gasteiger partial charge on any atom is 0.573 e. The van der Waals surface area contributed by atoms with E-state index < -0.39 is 6.36 Å². The number of alkyl halides is 3. The van der Waals surface area contributed by atoms with Crippen molar-refractivity contribution in [1.29, 1.82) is 0 Å².